The van der Waals surface area contributed by atoms with Crippen LogP contribution in [0.25, 0.3) is 0 Å². The lowest BCUT2D eigenvalue weighted by Crippen LogP contribution is -2.29. The van der Waals surface area contributed by atoms with E-state index in [1.165, 1.54) is 0 Å². The fraction of sp³-hybridized carbons (Fsp3) is 0.360. The number of hydrogen-bond donors (Lipinski definition) is 1. The summed E-state index contributed by atoms with van der Waals surface area (Å²) in [6.07, 6.45) is 6.11. The van der Waals surface area contributed by atoms with E-state index in [0.717, 1.165) is 16.9 Å². The van der Waals surface area contributed by atoms with Gasteiger partial charge in [0.05, 0.1) is 29.4 Å². The fourth-order valence-corrected chi connectivity index (χ4v) is 4.54. The van der Waals surface area contributed by atoms with Gasteiger partial charge in [-0.2, -0.15) is 0 Å². The largest absolute Gasteiger partial charge is 0.490 e. The molecule has 33 heavy (non-hydrogen) atoms. The first-order valence-corrected chi connectivity index (χ1v) is 11.7. The first kappa shape index (κ1) is 23.5. The normalized spacial score (nSPS) is 18.5. The van der Waals surface area contributed by atoms with Gasteiger partial charge in [0.2, 0.25) is 0 Å². The Labute approximate surface area is 205 Å². The van der Waals surface area contributed by atoms with Crippen LogP contribution in [0.4, 0.5) is 5.69 Å². The SMILES string of the molecule is COCCOc1ccc(N2C(=S)N[C@@H](c3ccccn3)[C@H]2c2ccn(C(C)(C)C)c2)cc1Cl. The Bertz CT molecular complexity index is 1110. The lowest BCUT2D eigenvalue weighted by molar-refractivity contribution is 0.146. The summed E-state index contributed by atoms with van der Waals surface area (Å²) in [5.74, 6) is 0.618. The number of benzene rings is 1. The molecule has 0 unspecified atom stereocenters. The van der Waals surface area contributed by atoms with E-state index in [4.69, 9.17) is 33.3 Å². The molecule has 0 bridgehead atoms. The number of methoxy groups -OCH3 is 1. The highest BCUT2D eigenvalue weighted by molar-refractivity contribution is 7.80. The monoisotopic (exact) mass is 484 g/mol. The van der Waals surface area contributed by atoms with Crippen LogP contribution in [-0.2, 0) is 10.3 Å². The molecule has 1 aliphatic rings. The molecular weight excluding hydrogens is 456 g/mol. The zero-order chi connectivity index (χ0) is 23.6. The van der Waals surface area contributed by atoms with Crippen LogP contribution in [0, 0.1) is 0 Å². The van der Waals surface area contributed by atoms with Crippen molar-refractivity contribution < 1.29 is 9.47 Å². The van der Waals surface area contributed by atoms with Crippen molar-refractivity contribution in [3.63, 3.8) is 0 Å². The molecule has 0 radical (unpaired) electrons. The number of pyridine rings is 1. The molecule has 1 aromatic carbocycles. The van der Waals surface area contributed by atoms with Crippen molar-refractivity contribution in [1.82, 2.24) is 14.9 Å². The smallest absolute Gasteiger partial charge is 0.174 e. The Morgan fingerprint density at radius 2 is 1.97 bits per heavy atom. The van der Waals surface area contributed by atoms with E-state index in [1.807, 2.05) is 42.6 Å². The fourth-order valence-electron chi connectivity index (χ4n) is 3.97. The number of anilines is 1. The topological polar surface area (TPSA) is 51.6 Å². The van der Waals surface area contributed by atoms with Gasteiger partial charge in [0.25, 0.3) is 0 Å². The van der Waals surface area contributed by atoms with Crippen LogP contribution in [0.3, 0.4) is 0 Å². The van der Waals surface area contributed by atoms with E-state index in [2.05, 4.69) is 59.0 Å². The standard InChI is InChI=1S/C25H29ClN4O2S/c1-25(2,3)29-12-10-17(16-29)23-22(20-7-5-6-11-27-20)28-24(33)30(23)18-8-9-21(19(26)15-18)32-14-13-31-4/h5-12,15-16,22-23H,13-14H2,1-4H3,(H,28,33)/t22-,23+/m0/s1. The summed E-state index contributed by atoms with van der Waals surface area (Å²) in [7, 11) is 1.64. The summed E-state index contributed by atoms with van der Waals surface area (Å²) in [5.41, 5.74) is 2.94. The van der Waals surface area contributed by atoms with Crippen molar-refractivity contribution in [2.45, 2.75) is 38.4 Å². The Morgan fingerprint density at radius 1 is 1.15 bits per heavy atom. The Kier molecular flexibility index (Phi) is 6.93. The predicted octanol–water partition coefficient (Wildman–Crippen LogP) is 5.49. The first-order chi connectivity index (χ1) is 15.8. The maximum Gasteiger partial charge on any atom is 0.174 e. The highest BCUT2D eigenvalue weighted by atomic mass is 35.5. The molecule has 1 fully saturated rings. The molecule has 0 amide bonds. The molecule has 0 aliphatic carbocycles. The maximum absolute atomic E-state index is 6.57. The summed E-state index contributed by atoms with van der Waals surface area (Å²) >= 11 is 12.4. The van der Waals surface area contributed by atoms with Crippen LogP contribution >= 0.6 is 23.8 Å². The molecule has 1 aliphatic heterocycles. The van der Waals surface area contributed by atoms with Crippen molar-refractivity contribution in [3.05, 3.63) is 77.3 Å². The third kappa shape index (κ3) is 5.00. The second kappa shape index (κ2) is 9.71. The summed E-state index contributed by atoms with van der Waals surface area (Å²) in [5, 5.41) is 4.64. The molecule has 3 heterocycles. The van der Waals surface area contributed by atoms with Crippen molar-refractivity contribution in [1.29, 1.82) is 0 Å². The van der Waals surface area contributed by atoms with Gasteiger partial charge in [-0.05, 0) is 75.0 Å². The zero-order valence-corrected chi connectivity index (χ0v) is 20.9. The van der Waals surface area contributed by atoms with Crippen molar-refractivity contribution in [2.75, 3.05) is 25.2 Å². The Balaban J connectivity index is 1.73. The number of nitrogens with one attached hydrogen (secondary N) is 1. The molecule has 4 rings (SSSR count). The van der Waals surface area contributed by atoms with E-state index in [9.17, 15) is 0 Å². The molecule has 1 N–H and O–H groups in total. The molecule has 1 saturated heterocycles. The van der Waals surface area contributed by atoms with Crippen molar-refractivity contribution in [3.8, 4) is 5.75 Å². The second-order valence-corrected chi connectivity index (χ2v) is 9.77. The number of aromatic nitrogens is 2. The van der Waals surface area contributed by atoms with Crippen LogP contribution in [0.1, 0.15) is 44.1 Å². The van der Waals surface area contributed by atoms with Crippen LogP contribution < -0.4 is 15.0 Å². The highest BCUT2D eigenvalue weighted by Gasteiger charge is 2.41. The summed E-state index contributed by atoms with van der Waals surface area (Å²) in [6.45, 7) is 7.49. The van der Waals surface area contributed by atoms with Crippen molar-refractivity contribution in [2.24, 2.45) is 0 Å². The van der Waals surface area contributed by atoms with Gasteiger partial charge in [0, 0.05) is 36.9 Å². The van der Waals surface area contributed by atoms with Crippen LogP contribution in [0.15, 0.2) is 61.1 Å². The average Bonchev–Trinajstić information content (AvgIpc) is 3.40. The van der Waals surface area contributed by atoms with Crippen LogP contribution in [0.5, 0.6) is 5.75 Å². The highest BCUT2D eigenvalue weighted by Crippen LogP contribution is 2.43. The summed E-state index contributed by atoms with van der Waals surface area (Å²) in [4.78, 5) is 6.73. The van der Waals surface area contributed by atoms with Gasteiger partial charge >= 0.3 is 0 Å². The van der Waals surface area contributed by atoms with Crippen LogP contribution in [0.2, 0.25) is 5.02 Å². The van der Waals surface area contributed by atoms with Gasteiger partial charge < -0.3 is 24.3 Å². The van der Waals surface area contributed by atoms with Gasteiger partial charge in [-0.15, -0.1) is 0 Å². The van der Waals surface area contributed by atoms with Crippen molar-refractivity contribution >= 4 is 34.6 Å². The Morgan fingerprint density at radius 3 is 2.61 bits per heavy atom. The third-order valence-electron chi connectivity index (χ3n) is 5.67. The molecule has 8 heteroatoms. The number of rotatable bonds is 7. The first-order valence-electron chi connectivity index (χ1n) is 10.9. The Hall–Kier alpha value is -2.61. The minimum Gasteiger partial charge on any atom is -0.490 e. The maximum atomic E-state index is 6.57. The molecule has 2 atom stereocenters. The molecular formula is C25H29ClN4O2S. The minimum absolute atomic E-state index is 0.0272. The van der Waals surface area contributed by atoms with Gasteiger partial charge in [-0.1, -0.05) is 17.7 Å². The molecule has 0 spiro atoms. The quantitative estimate of drug-likeness (QED) is 0.353. The number of thiocarbonyl (C=S) groups is 1. The van der Waals surface area contributed by atoms with E-state index in [0.29, 0.717) is 29.1 Å². The molecule has 3 aromatic rings. The minimum atomic E-state index is -0.106. The third-order valence-corrected chi connectivity index (χ3v) is 6.28. The van der Waals surface area contributed by atoms with Gasteiger partial charge in [-0.3, -0.25) is 4.98 Å². The van der Waals surface area contributed by atoms with E-state index >= 15 is 0 Å². The second-order valence-electron chi connectivity index (χ2n) is 8.98. The number of hydrogen-bond acceptors (Lipinski definition) is 4. The molecule has 174 valence electrons. The summed E-state index contributed by atoms with van der Waals surface area (Å²) in [6, 6.07) is 13.6. The molecule has 2 aromatic heterocycles. The molecule has 6 nitrogen and oxygen atoms in total. The zero-order valence-electron chi connectivity index (χ0n) is 19.3. The lowest BCUT2D eigenvalue weighted by Gasteiger charge is -2.28. The molecule has 0 saturated carbocycles. The van der Waals surface area contributed by atoms with Crippen LogP contribution in [-0.4, -0.2) is 35.0 Å². The number of halogens is 1. The van der Waals surface area contributed by atoms with E-state index in [-0.39, 0.29) is 17.6 Å². The van der Waals surface area contributed by atoms with E-state index < -0.39 is 0 Å². The van der Waals surface area contributed by atoms with Gasteiger partial charge in [0.15, 0.2) is 5.11 Å². The number of nitrogens with zero attached hydrogens (tertiary/aromatic N) is 3. The summed E-state index contributed by atoms with van der Waals surface area (Å²) < 4.78 is 13.0. The average molecular weight is 485 g/mol. The van der Waals surface area contributed by atoms with Gasteiger partial charge in [0.1, 0.15) is 12.4 Å². The number of ether oxygens (including phenoxy) is 2. The van der Waals surface area contributed by atoms with Gasteiger partial charge in [-0.25, -0.2) is 0 Å². The predicted molar refractivity (Wildman–Crippen MR) is 136 cm³/mol. The van der Waals surface area contributed by atoms with E-state index in [1.54, 1.807) is 7.11 Å². The lowest BCUT2D eigenvalue weighted by atomic mass is 9.98.